The predicted molar refractivity (Wildman–Crippen MR) is 60.3 cm³/mol. The second-order valence-corrected chi connectivity index (χ2v) is 5.42. The van der Waals surface area contributed by atoms with Crippen LogP contribution in [-0.4, -0.2) is 21.1 Å². The van der Waals surface area contributed by atoms with Crippen molar-refractivity contribution in [3.05, 3.63) is 29.3 Å². The van der Waals surface area contributed by atoms with Crippen LogP contribution in [0.15, 0.2) is 23.1 Å². The quantitative estimate of drug-likeness (QED) is 0.874. The molecule has 0 spiro atoms. The average Bonchev–Trinajstić information content (AvgIpc) is 2.26. The predicted octanol–water partition coefficient (Wildman–Crippen LogP) is 1.29. The Bertz CT molecular complexity index is 526. The highest BCUT2D eigenvalue weighted by Gasteiger charge is 2.30. The summed E-state index contributed by atoms with van der Waals surface area (Å²) in [6, 6.07) is 4.31. The second kappa shape index (κ2) is 5.25. The van der Waals surface area contributed by atoms with E-state index in [4.69, 9.17) is 5.73 Å². The van der Waals surface area contributed by atoms with E-state index < -0.39 is 22.7 Å². The van der Waals surface area contributed by atoms with Crippen LogP contribution in [0.3, 0.4) is 0 Å². The molecule has 4 nitrogen and oxygen atoms in total. The molecule has 3 N–H and O–H groups in total. The fourth-order valence-corrected chi connectivity index (χ4v) is 2.73. The van der Waals surface area contributed by atoms with Gasteiger partial charge in [0.25, 0.3) is 0 Å². The maximum absolute atomic E-state index is 12.0. The van der Waals surface area contributed by atoms with Gasteiger partial charge in [0.2, 0.25) is 10.0 Å². The van der Waals surface area contributed by atoms with Gasteiger partial charge in [0.1, 0.15) is 6.54 Å². The molecule has 0 aromatic heterocycles. The summed E-state index contributed by atoms with van der Waals surface area (Å²) >= 11 is 0. The van der Waals surface area contributed by atoms with Crippen molar-refractivity contribution in [1.82, 2.24) is 4.72 Å². The van der Waals surface area contributed by atoms with Crippen molar-refractivity contribution >= 4 is 10.0 Å². The van der Waals surface area contributed by atoms with Gasteiger partial charge in [0.15, 0.2) is 0 Å². The van der Waals surface area contributed by atoms with Gasteiger partial charge in [-0.1, -0.05) is 12.1 Å². The number of nitrogens with two attached hydrogens (primary N) is 1. The van der Waals surface area contributed by atoms with E-state index in [2.05, 4.69) is 0 Å². The van der Waals surface area contributed by atoms with E-state index >= 15 is 0 Å². The van der Waals surface area contributed by atoms with E-state index in [-0.39, 0.29) is 11.4 Å². The number of benzene rings is 1. The first-order chi connectivity index (χ1) is 8.17. The van der Waals surface area contributed by atoms with Crippen molar-refractivity contribution in [1.29, 1.82) is 0 Å². The van der Waals surface area contributed by atoms with E-state index in [1.165, 1.54) is 23.8 Å². The summed E-state index contributed by atoms with van der Waals surface area (Å²) in [7, 11) is -4.18. The fraction of sp³-hybridized carbons (Fsp3) is 0.400. The van der Waals surface area contributed by atoms with Crippen molar-refractivity contribution in [2.24, 2.45) is 5.73 Å². The summed E-state index contributed by atoms with van der Waals surface area (Å²) in [4.78, 5) is -0.185. The third kappa shape index (κ3) is 3.69. The Kier molecular flexibility index (Phi) is 4.36. The van der Waals surface area contributed by atoms with Crippen LogP contribution < -0.4 is 10.5 Å². The lowest BCUT2D eigenvalue weighted by atomic mass is 10.1. The molecule has 0 amide bonds. The Morgan fingerprint density at radius 1 is 1.33 bits per heavy atom. The molecule has 0 unspecified atom stereocenters. The fourth-order valence-electron chi connectivity index (χ4n) is 1.43. The molecule has 0 saturated heterocycles. The third-order valence-electron chi connectivity index (χ3n) is 2.37. The molecule has 1 rings (SSSR count). The van der Waals surface area contributed by atoms with Crippen LogP contribution in [0.5, 0.6) is 0 Å². The van der Waals surface area contributed by atoms with Crippen LogP contribution in [0.25, 0.3) is 0 Å². The lowest BCUT2D eigenvalue weighted by molar-refractivity contribution is -0.121. The molecule has 1 aromatic carbocycles. The van der Waals surface area contributed by atoms with E-state index in [9.17, 15) is 21.6 Å². The maximum atomic E-state index is 12.0. The summed E-state index contributed by atoms with van der Waals surface area (Å²) in [5.74, 6) is 0. The van der Waals surface area contributed by atoms with Crippen LogP contribution in [0.1, 0.15) is 11.1 Å². The van der Waals surface area contributed by atoms with Crippen LogP contribution in [0.4, 0.5) is 13.2 Å². The summed E-state index contributed by atoms with van der Waals surface area (Å²) in [5, 5.41) is 0. The van der Waals surface area contributed by atoms with E-state index in [1.54, 1.807) is 6.07 Å². The minimum atomic E-state index is -4.59. The zero-order valence-electron chi connectivity index (χ0n) is 9.58. The molecule has 0 radical (unpaired) electrons. The highest BCUT2D eigenvalue weighted by atomic mass is 32.2. The summed E-state index contributed by atoms with van der Waals surface area (Å²) in [6.45, 7) is 0.0282. The third-order valence-corrected chi connectivity index (χ3v) is 3.91. The molecule has 102 valence electrons. The van der Waals surface area contributed by atoms with Crippen LogP contribution in [-0.2, 0) is 16.6 Å². The van der Waals surface area contributed by atoms with Gasteiger partial charge in [-0.25, -0.2) is 13.1 Å². The first kappa shape index (κ1) is 14.9. The zero-order valence-corrected chi connectivity index (χ0v) is 10.4. The topological polar surface area (TPSA) is 72.2 Å². The number of halogens is 3. The molecule has 0 aliphatic carbocycles. The summed E-state index contributed by atoms with van der Waals surface area (Å²) in [6.07, 6.45) is -4.59. The largest absolute Gasteiger partial charge is 0.402 e. The molecule has 0 heterocycles. The van der Waals surface area contributed by atoms with Gasteiger partial charge in [-0.2, -0.15) is 13.2 Å². The van der Waals surface area contributed by atoms with E-state index in [0.717, 1.165) is 0 Å². The second-order valence-electron chi connectivity index (χ2n) is 3.68. The Labute approximate surface area is 103 Å². The molecular weight excluding hydrogens is 269 g/mol. The molecule has 0 fully saturated rings. The Balaban J connectivity index is 3.06. The molecular formula is C10H13F3N2O2S. The number of alkyl halides is 3. The van der Waals surface area contributed by atoms with Crippen molar-refractivity contribution in [2.75, 3.05) is 6.54 Å². The van der Waals surface area contributed by atoms with Crippen LogP contribution in [0, 0.1) is 6.92 Å². The van der Waals surface area contributed by atoms with Crippen LogP contribution >= 0.6 is 0 Å². The molecule has 0 bridgehead atoms. The summed E-state index contributed by atoms with van der Waals surface area (Å²) in [5.41, 5.74) is 6.34. The molecule has 0 aliphatic heterocycles. The lowest BCUT2D eigenvalue weighted by Crippen LogP contribution is -2.34. The molecule has 0 atom stereocenters. The first-order valence-electron chi connectivity index (χ1n) is 5.02. The van der Waals surface area contributed by atoms with Gasteiger partial charge >= 0.3 is 6.18 Å². The smallest absolute Gasteiger partial charge is 0.326 e. The van der Waals surface area contributed by atoms with Gasteiger partial charge in [0.05, 0.1) is 4.90 Å². The van der Waals surface area contributed by atoms with Crippen molar-refractivity contribution < 1.29 is 21.6 Å². The van der Waals surface area contributed by atoms with Crippen molar-refractivity contribution in [2.45, 2.75) is 24.5 Å². The van der Waals surface area contributed by atoms with Crippen molar-refractivity contribution in [3.8, 4) is 0 Å². The highest BCUT2D eigenvalue weighted by molar-refractivity contribution is 7.89. The van der Waals surface area contributed by atoms with Gasteiger partial charge in [-0.15, -0.1) is 0 Å². The monoisotopic (exact) mass is 282 g/mol. The highest BCUT2D eigenvalue weighted by Crippen LogP contribution is 2.20. The standard InChI is InChI=1S/C10H13F3N2O2S/c1-7-8(5-14)3-2-4-9(7)18(16,17)15-6-10(11,12)13/h2-4,15H,5-6,14H2,1H3. The van der Waals surface area contributed by atoms with Crippen LogP contribution in [0.2, 0.25) is 0 Å². The number of sulfonamides is 1. The molecule has 18 heavy (non-hydrogen) atoms. The molecule has 0 saturated carbocycles. The molecule has 8 heteroatoms. The van der Waals surface area contributed by atoms with Gasteiger partial charge in [-0.05, 0) is 24.1 Å². The SMILES string of the molecule is Cc1c(CN)cccc1S(=O)(=O)NCC(F)(F)F. The number of hydrogen-bond donors (Lipinski definition) is 2. The Morgan fingerprint density at radius 3 is 2.44 bits per heavy atom. The zero-order chi connectivity index (χ0) is 14.0. The Morgan fingerprint density at radius 2 is 1.94 bits per heavy atom. The van der Waals surface area contributed by atoms with Gasteiger partial charge < -0.3 is 5.73 Å². The summed E-state index contributed by atoms with van der Waals surface area (Å²) < 4.78 is 60.9. The maximum Gasteiger partial charge on any atom is 0.402 e. The minimum absolute atomic E-state index is 0.120. The first-order valence-corrected chi connectivity index (χ1v) is 6.50. The molecule has 0 aliphatic rings. The number of hydrogen-bond acceptors (Lipinski definition) is 3. The average molecular weight is 282 g/mol. The Hall–Kier alpha value is -1.12. The lowest BCUT2D eigenvalue weighted by Gasteiger charge is -2.13. The number of rotatable bonds is 4. The molecule has 1 aromatic rings. The van der Waals surface area contributed by atoms with Crippen molar-refractivity contribution in [3.63, 3.8) is 0 Å². The normalized spacial score (nSPS) is 12.7. The van der Waals surface area contributed by atoms with Gasteiger partial charge in [0, 0.05) is 6.54 Å². The van der Waals surface area contributed by atoms with E-state index in [1.807, 2.05) is 0 Å². The number of nitrogens with one attached hydrogen (secondary N) is 1. The van der Waals surface area contributed by atoms with E-state index in [0.29, 0.717) is 11.1 Å². The van der Waals surface area contributed by atoms with Gasteiger partial charge in [-0.3, -0.25) is 0 Å². The minimum Gasteiger partial charge on any atom is -0.326 e.